The highest BCUT2D eigenvalue weighted by atomic mass is 16.4. The first-order valence-electron chi connectivity index (χ1n) is 5.30. The molecule has 0 saturated heterocycles. The fourth-order valence-corrected chi connectivity index (χ4v) is 1.64. The predicted octanol–water partition coefficient (Wildman–Crippen LogP) is 0.358. The molecular formula is C12H13N2O3+. The lowest BCUT2D eigenvalue weighted by Crippen LogP contribution is -2.43. The van der Waals surface area contributed by atoms with Gasteiger partial charge >= 0.3 is 5.97 Å². The maximum absolute atomic E-state index is 10.4. The molecule has 1 aromatic carbocycles. The molecule has 5 heteroatoms. The van der Waals surface area contributed by atoms with Crippen molar-refractivity contribution in [2.75, 3.05) is 0 Å². The smallest absolute Gasteiger partial charge is 0.306 e. The van der Waals surface area contributed by atoms with E-state index in [1.165, 1.54) is 0 Å². The Morgan fingerprint density at radius 1 is 1.35 bits per heavy atom. The van der Waals surface area contributed by atoms with Gasteiger partial charge in [0, 0.05) is 16.6 Å². The van der Waals surface area contributed by atoms with Crippen molar-refractivity contribution in [1.82, 2.24) is 5.10 Å². The number of benzene rings is 1. The molecule has 0 aliphatic rings. The lowest BCUT2D eigenvalue weighted by atomic mass is 10.2. The van der Waals surface area contributed by atoms with Crippen LogP contribution in [-0.4, -0.2) is 27.4 Å². The molecule has 1 heterocycles. The Bertz CT molecular complexity index is 542. The molecule has 5 nitrogen and oxygen atoms in total. The van der Waals surface area contributed by atoms with E-state index in [2.05, 4.69) is 5.10 Å². The summed E-state index contributed by atoms with van der Waals surface area (Å²) >= 11 is 0. The van der Waals surface area contributed by atoms with E-state index in [4.69, 9.17) is 5.11 Å². The summed E-state index contributed by atoms with van der Waals surface area (Å²) in [6.45, 7) is 0.178. The number of nitrogens with zero attached hydrogens (tertiary/aromatic N) is 2. The number of fused-ring (bicyclic) bond motifs is 1. The van der Waals surface area contributed by atoms with Crippen molar-refractivity contribution < 1.29 is 19.7 Å². The van der Waals surface area contributed by atoms with Crippen molar-refractivity contribution >= 4 is 16.9 Å². The summed E-state index contributed by atoms with van der Waals surface area (Å²) in [6, 6.07) is 9.51. The summed E-state index contributed by atoms with van der Waals surface area (Å²) < 4.78 is 1.55. The van der Waals surface area contributed by atoms with Gasteiger partial charge in [-0.15, -0.1) is 0 Å². The third-order valence-electron chi connectivity index (χ3n) is 2.41. The minimum absolute atomic E-state index is 0.178. The number of carboxylic acids is 1. The first kappa shape index (κ1) is 11.5. The third kappa shape index (κ3) is 2.98. The minimum atomic E-state index is -1.01. The molecule has 0 spiro atoms. The van der Waals surface area contributed by atoms with E-state index in [9.17, 15) is 9.90 Å². The monoisotopic (exact) mass is 233 g/mol. The van der Waals surface area contributed by atoms with Gasteiger partial charge in [-0.05, 0) is 6.07 Å². The maximum Gasteiger partial charge on any atom is 0.306 e. The second-order valence-electron chi connectivity index (χ2n) is 3.85. The van der Waals surface area contributed by atoms with Gasteiger partial charge in [0.15, 0.2) is 6.20 Å². The molecule has 2 N–H and O–H groups in total. The topological polar surface area (TPSA) is 74.3 Å². The highest BCUT2D eigenvalue weighted by Gasteiger charge is 2.16. The summed E-state index contributed by atoms with van der Waals surface area (Å²) in [5, 5.41) is 23.3. The third-order valence-corrected chi connectivity index (χ3v) is 2.41. The van der Waals surface area contributed by atoms with E-state index in [1.54, 1.807) is 10.9 Å². The molecule has 0 saturated carbocycles. The Balaban J connectivity index is 2.16. The van der Waals surface area contributed by atoms with Crippen LogP contribution in [0.2, 0.25) is 0 Å². The van der Waals surface area contributed by atoms with Crippen LogP contribution in [0.25, 0.3) is 10.9 Å². The number of carbonyl (C=O) groups is 1. The molecule has 2 rings (SSSR count). The molecule has 0 radical (unpaired) electrons. The van der Waals surface area contributed by atoms with Crippen LogP contribution in [-0.2, 0) is 11.3 Å². The fourth-order valence-electron chi connectivity index (χ4n) is 1.64. The molecule has 88 valence electrons. The number of aromatic nitrogens is 2. The quantitative estimate of drug-likeness (QED) is 0.748. The van der Waals surface area contributed by atoms with Crippen LogP contribution in [0.4, 0.5) is 0 Å². The lowest BCUT2D eigenvalue weighted by Gasteiger charge is -2.02. The summed E-state index contributed by atoms with van der Waals surface area (Å²) in [6.07, 6.45) is 0.528. The van der Waals surface area contributed by atoms with Crippen molar-refractivity contribution in [2.24, 2.45) is 0 Å². The van der Waals surface area contributed by atoms with Gasteiger partial charge in [0.25, 0.3) is 0 Å². The Labute approximate surface area is 97.9 Å². The zero-order chi connectivity index (χ0) is 12.3. The van der Waals surface area contributed by atoms with E-state index < -0.39 is 12.1 Å². The van der Waals surface area contributed by atoms with Crippen molar-refractivity contribution in [2.45, 2.75) is 19.1 Å². The number of aliphatic hydroxyl groups is 1. The number of aliphatic hydroxyl groups excluding tert-OH is 1. The number of hydrogen-bond acceptors (Lipinski definition) is 3. The number of carboxylic acid groups (broad SMARTS) is 1. The Morgan fingerprint density at radius 3 is 2.88 bits per heavy atom. The molecule has 0 aliphatic heterocycles. The van der Waals surface area contributed by atoms with Gasteiger partial charge in [-0.3, -0.25) is 4.79 Å². The average Bonchev–Trinajstić information content (AvgIpc) is 2.27. The standard InChI is InChI=1S/C12H12N2O3/c15-10(7-12(16)17)8-14-6-5-9-3-1-2-4-11(9)13-14/h1-6,10,15H,7-8H2/p+1/t10-/m0/s1. The molecule has 0 bridgehead atoms. The normalized spacial score (nSPS) is 12.5. The van der Waals surface area contributed by atoms with E-state index in [0.29, 0.717) is 0 Å². The molecule has 1 aromatic heterocycles. The van der Waals surface area contributed by atoms with Crippen LogP contribution in [0.3, 0.4) is 0 Å². The molecule has 2 aromatic rings. The van der Waals surface area contributed by atoms with Gasteiger partial charge < -0.3 is 10.2 Å². The van der Waals surface area contributed by atoms with E-state index in [1.807, 2.05) is 30.3 Å². The second kappa shape index (κ2) is 4.88. The van der Waals surface area contributed by atoms with Gasteiger partial charge in [-0.25, -0.2) is 0 Å². The number of rotatable bonds is 4. The van der Waals surface area contributed by atoms with Gasteiger partial charge in [-0.1, -0.05) is 22.9 Å². The minimum Gasteiger partial charge on any atom is -0.481 e. The Kier molecular flexibility index (Phi) is 3.30. The number of aliphatic carboxylic acids is 1. The van der Waals surface area contributed by atoms with Crippen molar-refractivity contribution in [3.8, 4) is 0 Å². The van der Waals surface area contributed by atoms with Crippen molar-refractivity contribution in [3.05, 3.63) is 36.5 Å². The molecule has 0 aliphatic carbocycles. The van der Waals surface area contributed by atoms with Crippen LogP contribution in [0.15, 0.2) is 36.5 Å². The van der Waals surface area contributed by atoms with Crippen LogP contribution in [0.5, 0.6) is 0 Å². The molecule has 0 amide bonds. The molecule has 17 heavy (non-hydrogen) atoms. The summed E-state index contributed by atoms with van der Waals surface area (Å²) in [4.78, 5) is 10.4. The molecular weight excluding hydrogens is 220 g/mol. The van der Waals surface area contributed by atoms with Gasteiger partial charge in [0.1, 0.15) is 11.6 Å². The first-order valence-corrected chi connectivity index (χ1v) is 5.30. The van der Waals surface area contributed by atoms with Gasteiger partial charge in [-0.2, -0.15) is 0 Å². The highest BCUT2D eigenvalue weighted by molar-refractivity contribution is 5.76. The molecule has 1 atom stereocenters. The van der Waals surface area contributed by atoms with E-state index in [-0.39, 0.29) is 13.0 Å². The lowest BCUT2D eigenvalue weighted by molar-refractivity contribution is -0.757. The van der Waals surface area contributed by atoms with Gasteiger partial charge in [0.2, 0.25) is 6.54 Å². The largest absolute Gasteiger partial charge is 0.481 e. The second-order valence-corrected chi connectivity index (χ2v) is 3.85. The van der Waals surface area contributed by atoms with Gasteiger partial charge in [0.05, 0.1) is 6.42 Å². The van der Waals surface area contributed by atoms with Crippen LogP contribution < -0.4 is 4.68 Å². The Hall–Kier alpha value is -2.01. The number of hydrogen-bond donors (Lipinski definition) is 2. The zero-order valence-corrected chi connectivity index (χ0v) is 9.15. The fraction of sp³-hybridized carbons (Fsp3) is 0.250. The molecule has 0 unspecified atom stereocenters. The SMILES string of the molecule is O=C(O)C[C@H](O)C[n+]1ccc2ccccc2n1. The Morgan fingerprint density at radius 2 is 2.12 bits per heavy atom. The summed E-state index contributed by atoms with van der Waals surface area (Å²) in [7, 11) is 0. The maximum atomic E-state index is 10.4. The van der Waals surface area contributed by atoms with Crippen molar-refractivity contribution in [3.63, 3.8) is 0 Å². The van der Waals surface area contributed by atoms with Crippen LogP contribution in [0.1, 0.15) is 6.42 Å². The van der Waals surface area contributed by atoms with Crippen LogP contribution in [0, 0.1) is 0 Å². The van der Waals surface area contributed by atoms with Crippen molar-refractivity contribution in [1.29, 1.82) is 0 Å². The predicted molar refractivity (Wildman–Crippen MR) is 60.2 cm³/mol. The summed E-state index contributed by atoms with van der Waals surface area (Å²) in [5.74, 6) is -1.01. The average molecular weight is 233 g/mol. The van der Waals surface area contributed by atoms with E-state index >= 15 is 0 Å². The first-order chi connectivity index (χ1) is 8.15. The summed E-state index contributed by atoms with van der Waals surface area (Å²) in [5.41, 5.74) is 0.817. The zero-order valence-electron chi connectivity index (χ0n) is 9.15. The van der Waals surface area contributed by atoms with E-state index in [0.717, 1.165) is 10.9 Å². The van der Waals surface area contributed by atoms with Crippen LogP contribution >= 0.6 is 0 Å². The molecule has 0 fully saturated rings. The highest BCUT2D eigenvalue weighted by Crippen LogP contribution is 2.06.